The Bertz CT molecular complexity index is 272. The van der Waals surface area contributed by atoms with E-state index in [9.17, 15) is 0 Å². The minimum Gasteiger partial charge on any atom is -0.345 e. The normalized spacial score (nSPS) is 20.2. The van der Waals surface area contributed by atoms with E-state index in [1.807, 2.05) is 0 Å². The van der Waals surface area contributed by atoms with Crippen molar-refractivity contribution >= 4 is 8.80 Å². The molecule has 0 aromatic carbocycles. The lowest BCUT2D eigenvalue weighted by atomic mass is 10.1. The first-order valence-corrected chi connectivity index (χ1v) is 12.4. The molecular weight excluding hydrogens is 302 g/mol. The van der Waals surface area contributed by atoms with Crippen molar-refractivity contribution in [3.63, 3.8) is 0 Å². The number of hydrogen-bond donors (Lipinski definition) is 1. The highest BCUT2D eigenvalue weighted by molar-refractivity contribution is 6.62. The van der Waals surface area contributed by atoms with Crippen LogP contribution in [0, 0.1) is 0 Å². The van der Waals surface area contributed by atoms with Crippen LogP contribution in [0.15, 0.2) is 0 Å². The van der Waals surface area contributed by atoms with Crippen LogP contribution >= 0.6 is 0 Å². The Morgan fingerprint density at radius 3 is 1.74 bits per heavy atom. The molecule has 0 saturated carbocycles. The topological polar surface area (TPSA) is 30.5 Å². The smallest absolute Gasteiger partial charge is 0.200 e. The molecule has 0 amide bonds. The molecule has 1 atom stereocenters. The summed E-state index contributed by atoms with van der Waals surface area (Å²) in [6, 6.07) is 2.66. The van der Waals surface area contributed by atoms with Crippen LogP contribution in [0.25, 0.3) is 0 Å². The summed E-state index contributed by atoms with van der Waals surface area (Å²) in [6.07, 6.45) is 17.1. The molecule has 1 aliphatic rings. The molecule has 0 spiro atoms. The third kappa shape index (κ3) is 8.15. The van der Waals surface area contributed by atoms with Gasteiger partial charge in [0.15, 0.2) is 0 Å². The van der Waals surface area contributed by atoms with E-state index in [-0.39, 0.29) is 5.53 Å². The Hall–Kier alpha value is 0.0969. The molecule has 1 unspecified atom stereocenters. The summed E-state index contributed by atoms with van der Waals surface area (Å²) in [5, 5.41) is 3.43. The van der Waals surface area contributed by atoms with Crippen molar-refractivity contribution in [3.8, 4) is 0 Å². The number of unbranched alkanes of at least 4 members (excludes halogenated alkanes) is 11. The van der Waals surface area contributed by atoms with Crippen LogP contribution in [0.1, 0.15) is 84.0 Å². The van der Waals surface area contributed by atoms with Crippen LogP contribution in [-0.2, 0) is 9.47 Å². The number of ether oxygens (including phenoxy) is 2. The summed E-state index contributed by atoms with van der Waals surface area (Å²) in [5.41, 5.74) is -0.377. The summed E-state index contributed by atoms with van der Waals surface area (Å²) in [4.78, 5) is 0. The molecule has 23 heavy (non-hydrogen) atoms. The SMILES string of the molecule is CCCCCCCCCCCCCC[SiH]1CCNC1(OC)OC. The molecule has 1 saturated heterocycles. The molecule has 1 fully saturated rings. The van der Waals surface area contributed by atoms with Crippen LogP contribution in [-0.4, -0.2) is 35.1 Å². The van der Waals surface area contributed by atoms with E-state index in [4.69, 9.17) is 9.47 Å². The van der Waals surface area contributed by atoms with Gasteiger partial charge in [-0.25, -0.2) is 0 Å². The zero-order valence-electron chi connectivity index (χ0n) is 16.0. The van der Waals surface area contributed by atoms with E-state index in [1.165, 1.54) is 89.1 Å². The lowest BCUT2D eigenvalue weighted by molar-refractivity contribution is -0.162. The van der Waals surface area contributed by atoms with E-state index < -0.39 is 8.80 Å². The molecule has 0 aromatic rings. The molecule has 138 valence electrons. The Morgan fingerprint density at radius 1 is 0.783 bits per heavy atom. The van der Waals surface area contributed by atoms with E-state index in [1.54, 1.807) is 14.2 Å². The van der Waals surface area contributed by atoms with Gasteiger partial charge in [-0.3, -0.25) is 5.32 Å². The van der Waals surface area contributed by atoms with Gasteiger partial charge in [-0.1, -0.05) is 90.0 Å². The van der Waals surface area contributed by atoms with Crippen LogP contribution in [0.3, 0.4) is 0 Å². The van der Waals surface area contributed by atoms with Gasteiger partial charge in [0, 0.05) is 14.2 Å². The Labute approximate surface area is 146 Å². The van der Waals surface area contributed by atoms with Crippen LogP contribution in [0.4, 0.5) is 0 Å². The monoisotopic (exact) mass is 343 g/mol. The maximum absolute atomic E-state index is 5.65. The zero-order chi connectivity index (χ0) is 16.8. The number of rotatable bonds is 15. The standard InChI is InChI=1S/C19H41NO2Si/c1-4-5-6-7-8-9-10-11-12-13-14-15-17-23-18-16-20-19(23,21-2)22-3/h20,23H,4-18H2,1-3H3. The molecule has 0 bridgehead atoms. The van der Waals surface area contributed by atoms with Crippen molar-refractivity contribution in [1.29, 1.82) is 0 Å². The third-order valence-corrected chi connectivity index (χ3v) is 9.26. The molecule has 1 heterocycles. The van der Waals surface area contributed by atoms with Gasteiger partial charge >= 0.3 is 0 Å². The van der Waals surface area contributed by atoms with Crippen molar-refractivity contribution in [2.75, 3.05) is 20.8 Å². The lowest BCUT2D eigenvalue weighted by Gasteiger charge is -2.32. The van der Waals surface area contributed by atoms with Gasteiger partial charge in [0.05, 0.1) is 0 Å². The van der Waals surface area contributed by atoms with Gasteiger partial charge < -0.3 is 9.47 Å². The molecule has 0 radical (unpaired) electrons. The molecule has 1 aliphatic heterocycles. The first-order valence-electron chi connectivity index (χ1n) is 10.1. The summed E-state index contributed by atoms with van der Waals surface area (Å²) < 4.78 is 11.3. The van der Waals surface area contributed by atoms with Gasteiger partial charge in [-0.05, 0) is 12.6 Å². The summed E-state index contributed by atoms with van der Waals surface area (Å²) in [7, 11) is 2.59. The van der Waals surface area contributed by atoms with Gasteiger partial charge in [0.2, 0.25) is 5.53 Å². The van der Waals surface area contributed by atoms with E-state index in [0.29, 0.717) is 0 Å². The highest BCUT2D eigenvalue weighted by Crippen LogP contribution is 2.26. The molecule has 1 N–H and O–H groups in total. The zero-order valence-corrected chi connectivity index (χ0v) is 17.2. The third-order valence-electron chi connectivity index (χ3n) is 5.41. The van der Waals surface area contributed by atoms with Gasteiger partial charge in [0.1, 0.15) is 8.80 Å². The number of nitrogens with one attached hydrogen (secondary N) is 1. The lowest BCUT2D eigenvalue weighted by Crippen LogP contribution is -2.53. The molecule has 4 heteroatoms. The second kappa shape index (κ2) is 13.4. The Balaban J connectivity index is 1.90. The summed E-state index contributed by atoms with van der Waals surface area (Å²) in [5.74, 6) is 0. The van der Waals surface area contributed by atoms with Crippen molar-refractivity contribution in [2.24, 2.45) is 0 Å². The molecular formula is C19H41NO2Si. The minimum atomic E-state index is -0.972. The average Bonchev–Trinajstić information content (AvgIpc) is 2.99. The van der Waals surface area contributed by atoms with Crippen molar-refractivity contribution < 1.29 is 9.47 Å². The van der Waals surface area contributed by atoms with Crippen LogP contribution in [0.2, 0.25) is 12.1 Å². The van der Waals surface area contributed by atoms with Gasteiger partial charge in [-0.2, -0.15) is 0 Å². The molecule has 1 rings (SSSR count). The van der Waals surface area contributed by atoms with E-state index in [0.717, 1.165) is 6.54 Å². The van der Waals surface area contributed by atoms with Crippen LogP contribution < -0.4 is 5.32 Å². The number of methoxy groups -OCH3 is 2. The van der Waals surface area contributed by atoms with E-state index >= 15 is 0 Å². The maximum atomic E-state index is 5.65. The first-order chi connectivity index (χ1) is 11.3. The highest BCUT2D eigenvalue weighted by atomic mass is 28.3. The van der Waals surface area contributed by atoms with E-state index in [2.05, 4.69) is 12.2 Å². The quantitative estimate of drug-likeness (QED) is 0.258. The summed E-state index contributed by atoms with van der Waals surface area (Å²) >= 11 is 0. The summed E-state index contributed by atoms with van der Waals surface area (Å²) in [6.45, 7) is 3.35. The van der Waals surface area contributed by atoms with Crippen molar-refractivity contribution in [3.05, 3.63) is 0 Å². The predicted octanol–water partition coefficient (Wildman–Crippen LogP) is 5.00. The Morgan fingerprint density at radius 2 is 1.26 bits per heavy atom. The second-order valence-electron chi connectivity index (χ2n) is 7.17. The molecule has 3 nitrogen and oxygen atoms in total. The number of hydrogen-bond acceptors (Lipinski definition) is 3. The largest absolute Gasteiger partial charge is 0.345 e. The van der Waals surface area contributed by atoms with Crippen molar-refractivity contribution in [2.45, 2.75) is 102 Å². The second-order valence-corrected chi connectivity index (χ2v) is 10.5. The average molecular weight is 344 g/mol. The van der Waals surface area contributed by atoms with Gasteiger partial charge in [0.25, 0.3) is 0 Å². The fourth-order valence-corrected chi connectivity index (χ4v) is 7.30. The fourth-order valence-electron chi connectivity index (χ4n) is 3.88. The first kappa shape index (κ1) is 21.1. The Kier molecular flexibility index (Phi) is 12.3. The van der Waals surface area contributed by atoms with Crippen molar-refractivity contribution in [1.82, 2.24) is 5.32 Å². The van der Waals surface area contributed by atoms with Gasteiger partial charge in [-0.15, -0.1) is 0 Å². The highest BCUT2D eigenvalue weighted by Gasteiger charge is 2.43. The molecule has 0 aliphatic carbocycles. The van der Waals surface area contributed by atoms with Crippen LogP contribution in [0.5, 0.6) is 0 Å². The molecule has 0 aromatic heterocycles. The predicted molar refractivity (Wildman–Crippen MR) is 103 cm³/mol. The fraction of sp³-hybridized carbons (Fsp3) is 1.00. The maximum Gasteiger partial charge on any atom is 0.200 e. The minimum absolute atomic E-state index is 0.377.